The zero-order valence-corrected chi connectivity index (χ0v) is 11.9. The van der Waals surface area contributed by atoms with Crippen LogP contribution in [0.5, 0.6) is 0 Å². The second kappa shape index (κ2) is 5.83. The van der Waals surface area contributed by atoms with E-state index in [1.165, 1.54) is 41.6 Å². The molecule has 1 saturated heterocycles. The van der Waals surface area contributed by atoms with Crippen molar-refractivity contribution in [2.45, 2.75) is 40.2 Å². The lowest BCUT2D eigenvalue weighted by Gasteiger charge is -2.12. The summed E-state index contributed by atoms with van der Waals surface area (Å²) in [5, 5.41) is 4.72. The second-order valence-corrected chi connectivity index (χ2v) is 6.29. The third-order valence-electron chi connectivity index (χ3n) is 3.10. The Morgan fingerprint density at radius 2 is 2.06 bits per heavy atom. The first-order chi connectivity index (χ1) is 8.16. The number of anilines is 1. The van der Waals surface area contributed by atoms with Crippen molar-refractivity contribution in [3.05, 3.63) is 10.6 Å². The van der Waals surface area contributed by atoms with Crippen LogP contribution in [0.15, 0.2) is 0 Å². The summed E-state index contributed by atoms with van der Waals surface area (Å²) in [7, 11) is 0. The Kier molecular flexibility index (Phi) is 4.40. The third-order valence-corrected chi connectivity index (χ3v) is 4.31. The van der Waals surface area contributed by atoms with E-state index >= 15 is 0 Å². The van der Waals surface area contributed by atoms with E-state index in [1.54, 1.807) is 0 Å². The van der Waals surface area contributed by atoms with E-state index in [0.29, 0.717) is 5.92 Å². The third kappa shape index (κ3) is 3.42. The van der Waals surface area contributed by atoms with Gasteiger partial charge in [-0.15, -0.1) is 11.3 Å². The van der Waals surface area contributed by atoms with Crippen LogP contribution in [0.3, 0.4) is 0 Å². The van der Waals surface area contributed by atoms with Gasteiger partial charge in [-0.1, -0.05) is 13.8 Å². The molecule has 96 valence electrons. The number of aromatic nitrogens is 1. The van der Waals surface area contributed by atoms with Gasteiger partial charge in [-0.05, 0) is 32.2 Å². The highest BCUT2D eigenvalue weighted by Gasteiger charge is 2.17. The molecule has 0 bridgehead atoms. The first-order valence-corrected chi connectivity index (χ1v) is 7.40. The number of thiazole rings is 1. The van der Waals surface area contributed by atoms with E-state index in [0.717, 1.165) is 13.1 Å². The summed E-state index contributed by atoms with van der Waals surface area (Å²) >= 11 is 1.86. The molecule has 0 radical (unpaired) electrons. The molecular weight excluding hydrogens is 230 g/mol. The Balaban J connectivity index is 1.93. The summed E-state index contributed by atoms with van der Waals surface area (Å²) in [6.45, 7) is 11.0. The van der Waals surface area contributed by atoms with Crippen molar-refractivity contribution in [1.82, 2.24) is 10.3 Å². The molecule has 4 heteroatoms. The normalized spacial score (nSPS) is 16.1. The van der Waals surface area contributed by atoms with E-state index in [-0.39, 0.29) is 0 Å². The lowest BCUT2D eigenvalue weighted by Crippen LogP contribution is -2.18. The molecule has 2 heterocycles. The molecule has 0 spiro atoms. The molecule has 0 aliphatic carbocycles. The highest BCUT2D eigenvalue weighted by molar-refractivity contribution is 7.15. The van der Waals surface area contributed by atoms with Gasteiger partial charge in [-0.2, -0.15) is 0 Å². The molecule has 1 aliphatic rings. The number of rotatable bonds is 5. The molecule has 0 saturated carbocycles. The molecule has 0 amide bonds. The Bertz CT molecular complexity index is 354. The predicted molar refractivity (Wildman–Crippen MR) is 74.8 cm³/mol. The number of nitrogens with zero attached hydrogens (tertiary/aromatic N) is 2. The highest BCUT2D eigenvalue weighted by atomic mass is 32.1. The smallest absolute Gasteiger partial charge is 0.185 e. The minimum atomic E-state index is 0.710. The van der Waals surface area contributed by atoms with E-state index in [2.05, 4.69) is 31.0 Å². The average Bonchev–Trinajstić information content (AvgIpc) is 2.87. The molecule has 1 aliphatic heterocycles. The predicted octanol–water partition coefficient (Wildman–Crippen LogP) is 2.80. The van der Waals surface area contributed by atoms with Gasteiger partial charge in [0.25, 0.3) is 0 Å². The topological polar surface area (TPSA) is 28.2 Å². The minimum absolute atomic E-state index is 0.710. The van der Waals surface area contributed by atoms with Crippen LogP contribution < -0.4 is 10.2 Å². The van der Waals surface area contributed by atoms with Crippen LogP contribution in [-0.4, -0.2) is 24.6 Å². The Hall–Kier alpha value is -0.610. The molecule has 1 fully saturated rings. The summed E-state index contributed by atoms with van der Waals surface area (Å²) in [5.41, 5.74) is 1.20. The molecule has 1 aromatic heterocycles. The van der Waals surface area contributed by atoms with Crippen LogP contribution in [0.1, 0.15) is 37.3 Å². The van der Waals surface area contributed by atoms with Crippen molar-refractivity contribution in [1.29, 1.82) is 0 Å². The highest BCUT2D eigenvalue weighted by Crippen LogP contribution is 2.28. The molecule has 0 unspecified atom stereocenters. The van der Waals surface area contributed by atoms with Gasteiger partial charge in [0.1, 0.15) is 0 Å². The first-order valence-electron chi connectivity index (χ1n) is 6.59. The molecule has 2 rings (SSSR count). The zero-order chi connectivity index (χ0) is 12.3. The van der Waals surface area contributed by atoms with Gasteiger partial charge < -0.3 is 10.2 Å². The Labute approximate surface area is 108 Å². The van der Waals surface area contributed by atoms with Crippen LogP contribution >= 0.6 is 11.3 Å². The van der Waals surface area contributed by atoms with Crippen LogP contribution in [-0.2, 0) is 6.54 Å². The number of hydrogen-bond acceptors (Lipinski definition) is 4. The number of nitrogens with one attached hydrogen (secondary N) is 1. The zero-order valence-electron chi connectivity index (χ0n) is 11.1. The van der Waals surface area contributed by atoms with Crippen molar-refractivity contribution in [3.8, 4) is 0 Å². The molecule has 17 heavy (non-hydrogen) atoms. The van der Waals surface area contributed by atoms with E-state index in [1.807, 2.05) is 11.3 Å². The number of aryl methyl sites for hydroxylation is 1. The summed E-state index contributed by atoms with van der Waals surface area (Å²) in [5.74, 6) is 0.710. The van der Waals surface area contributed by atoms with Gasteiger partial charge in [0.15, 0.2) is 5.13 Å². The maximum Gasteiger partial charge on any atom is 0.185 e. The fraction of sp³-hybridized carbons (Fsp3) is 0.769. The van der Waals surface area contributed by atoms with Gasteiger partial charge in [0, 0.05) is 24.5 Å². The van der Waals surface area contributed by atoms with Crippen molar-refractivity contribution in [2.24, 2.45) is 5.92 Å². The van der Waals surface area contributed by atoms with Crippen molar-refractivity contribution in [2.75, 3.05) is 24.5 Å². The standard InChI is InChI=1S/C13H23N3S/c1-10(2)8-14-9-12-11(3)15-13(17-12)16-6-4-5-7-16/h10,14H,4-9H2,1-3H3. The van der Waals surface area contributed by atoms with Crippen LogP contribution in [0.4, 0.5) is 5.13 Å². The monoisotopic (exact) mass is 253 g/mol. The maximum absolute atomic E-state index is 4.69. The van der Waals surface area contributed by atoms with E-state index < -0.39 is 0 Å². The summed E-state index contributed by atoms with van der Waals surface area (Å²) < 4.78 is 0. The quantitative estimate of drug-likeness (QED) is 0.874. The fourth-order valence-electron chi connectivity index (χ4n) is 2.09. The minimum Gasteiger partial charge on any atom is -0.348 e. The molecule has 1 aromatic rings. The molecule has 1 N–H and O–H groups in total. The maximum atomic E-state index is 4.69. The van der Waals surface area contributed by atoms with Crippen LogP contribution in [0.25, 0.3) is 0 Å². The van der Waals surface area contributed by atoms with Crippen molar-refractivity contribution < 1.29 is 0 Å². The summed E-state index contributed by atoms with van der Waals surface area (Å²) in [6.07, 6.45) is 2.64. The van der Waals surface area contributed by atoms with Gasteiger partial charge in [-0.3, -0.25) is 0 Å². The molecule has 0 atom stereocenters. The van der Waals surface area contributed by atoms with Crippen molar-refractivity contribution >= 4 is 16.5 Å². The van der Waals surface area contributed by atoms with Crippen molar-refractivity contribution in [3.63, 3.8) is 0 Å². The summed E-state index contributed by atoms with van der Waals surface area (Å²) in [4.78, 5) is 8.51. The van der Waals surface area contributed by atoms with Gasteiger partial charge in [0.05, 0.1) is 5.69 Å². The number of hydrogen-bond donors (Lipinski definition) is 1. The Morgan fingerprint density at radius 1 is 1.35 bits per heavy atom. The lowest BCUT2D eigenvalue weighted by atomic mass is 10.2. The largest absolute Gasteiger partial charge is 0.348 e. The van der Waals surface area contributed by atoms with Gasteiger partial charge in [0.2, 0.25) is 0 Å². The van der Waals surface area contributed by atoms with E-state index in [4.69, 9.17) is 4.98 Å². The van der Waals surface area contributed by atoms with E-state index in [9.17, 15) is 0 Å². The Morgan fingerprint density at radius 3 is 2.71 bits per heavy atom. The van der Waals surface area contributed by atoms with Gasteiger partial charge >= 0.3 is 0 Å². The average molecular weight is 253 g/mol. The SMILES string of the molecule is Cc1nc(N2CCCC2)sc1CNCC(C)C. The molecular formula is C13H23N3S. The summed E-state index contributed by atoms with van der Waals surface area (Å²) in [6, 6.07) is 0. The van der Waals surface area contributed by atoms with Gasteiger partial charge in [-0.25, -0.2) is 4.98 Å². The van der Waals surface area contributed by atoms with Crippen LogP contribution in [0.2, 0.25) is 0 Å². The lowest BCUT2D eigenvalue weighted by molar-refractivity contribution is 0.554. The fourth-order valence-corrected chi connectivity index (χ4v) is 3.18. The van der Waals surface area contributed by atoms with Crippen LogP contribution in [0, 0.1) is 12.8 Å². The first kappa shape index (κ1) is 12.8. The second-order valence-electron chi connectivity index (χ2n) is 5.22. The molecule has 0 aromatic carbocycles. The molecule has 3 nitrogen and oxygen atoms in total.